The van der Waals surface area contributed by atoms with Crippen molar-refractivity contribution in [2.24, 2.45) is 5.41 Å². The van der Waals surface area contributed by atoms with Crippen molar-refractivity contribution in [3.8, 4) is 0 Å². The van der Waals surface area contributed by atoms with Crippen LogP contribution in [0.3, 0.4) is 0 Å². The van der Waals surface area contributed by atoms with Crippen molar-refractivity contribution in [3.05, 3.63) is 24.3 Å². The molecule has 6 nitrogen and oxygen atoms in total. The van der Waals surface area contributed by atoms with Crippen LogP contribution >= 0.6 is 0 Å². The number of carboxylic acids is 2. The van der Waals surface area contributed by atoms with Gasteiger partial charge in [0.2, 0.25) is 6.10 Å². The maximum atomic E-state index is 13.1. The zero-order valence-electron chi connectivity index (χ0n) is 40.1. The number of carbonyl (C=O) groups is 3. The van der Waals surface area contributed by atoms with Gasteiger partial charge in [-0.15, -0.1) is 0 Å². The maximum Gasteiger partial charge on any atom is 0.346 e. The quantitative estimate of drug-likeness (QED) is 0.0359. The van der Waals surface area contributed by atoms with Gasteiger partial charge in [-0.25, -0.2) is 4.79 Å². The second-order valence-electron chi connectivity index (χ2n) is 18.3. The van der Waals surface area contributed by atoms with Crippen molar-refractivity contribution >= 4 is 17.9 Å². The second-order valence-corrected chi connectivity index (χ2v) is 18.3. The molecular formula is C54H100O6. The van der Waals surface area contributed by atoms with E-state index in [4.69, 9.17) is 4.74 Å². The summed E-state index contributed by atoms with van der Waals surface area (Å²) < 4.78 is 5.66. The van der Waals surface area contributed by atoms with Crippen LogP contribution in [0.4, 0.5) is 0 Å². The van der Waals surface area contributed by atoms with Gasteiger partial charge in [-0.3, -0.25) is 9.59 Å². The Kier molecular flexibility index (Phi) is 43.4. The van der Waals surface area contributed by atoms with Gasteiger partial charge < -0.3 is 14.9 Å². The van der Waals surface area contributed by atoms with Crippen LogP contribution in [-0.4, -0.2) is 34.2 Å². The molecule has 0 aliphatic heterocycles. The van der Waals surface area contributed by atoms with Gasteiger partial charge in [0.25, 0.3) is 0 Å². The van der Waals surface area contributed by atoms with E-state index in [0.717, 1.165) is 96.3 Å². The molecule has 1 unspecified atom stereocenters. The van der Waals surface area contributed by atoms with E-state index < -0.39 is 29.4 Å². The molecule has 0 radical (unpaired) electrons. The van der Waals surface area contributed by atoms with Crippen molar-refractivity contribution in [1.82, 2.24) is 0 Å². The highest BCUT2D eigenvalue weighted by atomic mass is 16.6. The standard InChI is InChI=1S/C54H100O6/c1-4-7-10-13-16-19-22-24-26-28-30-33-36-39-42-45-48-54(53(58)59,49-46-43-40-37-34-31-29-27-25-23-20-17-14-11-8-5-2)51(52(56)57)60-50(55)47-44-41-38-35-32-21-18-15-12-9-6-3/h24-27,51H,4-23,28-49H2,1-3H3,(H,56,57)(H,58,59). The Hall–Kier alpha value is -2.11. The smallest absolute Gasteiger partial charge is 0.346 e. The molecular weight excluding hydrogens is 745 g/mol. The Morgan fingerprint density at radius 2 is 0.667 bits per heavy atom. The lowest BCUT2D eigenvalue weighted by atomic mass is 9.73. The van der Waals surface area contributed by atoms with Crippen molar-refractivity contribution in [1.29, 1.82) is 0 Å². The summed E-state index contributed by atoms with van der Waals surface area (Å²) >= 11 is 0. The third-order valence-electron chi connectivity index (χ3n) is 12.7. The lowest BCUT2D eigenvalue weighted by molar-refractivity contribution is -0.184. The van der Waals surface area contributed by atoms with Gasteiger partial charge in [-0.05, 0) is 70.6 Å². The molecule has 0 amide bonds. The minimum atomic E-state index is -1.67. The number of rotatable bonds is 48. The van der Waals surface area contributed by atoms with E-state index in [1.165, 1.54) is 135 Å². The number of aliphatic carboxylic acids is 2. The monoisotopic (exact) mass is 845 g/mol. The molecule has 0 saturated carbocycles. The van der Waals surface area contributed by atoms with Crippen LogP contribution in [0, 0.1) is 5.41 Å². The van der Waals surface area contributed by atoms with Crippen LogP contribution in [0.25, 0.3) is 0 Å². The van der Waals surface area contributed by atoms with Gasteiger partial charge in [0.05, 0.1) is 0 Å². The fourth-order valence-corrected chi connectivity index (χ4v) is 8.61. The first-order valence-electron chi connectivity index (χ1n) is 26.3. The van der Waals surface area contributed by atoms with Gasteiger partial charge in [-0.1, -0.05) is 238 Å². The van der Waals surface area contributed by atoms with Gasteiger partial charge in [0, 0.05) is 6.42 Å². The average molecular weight is 845 g/mol. The first-order valence-corrected chi connectivity index (χ1v) is 26.3. The van der Waals surface area contributed by atoms with Crippen molar-refractivity contribution in [3.63, 3.8) is 0 Å². The summed E-state index contributed by atoms with van der Waals surface area (Å²) in [4.78, 5) is 38.9. The number of carboxylic acid groups (broad SMARTS) is 2. The summed E-state index contributed by atoms with van der Waals surface area (Å²) in [5.41, 5.74) is -1.61. The fraction of sp³-hybridized carbons (Fsp3) is 0.870. The largest absolute Gasteiger partial charge is 0.481 e. The maximum absolute atomic E-state index is 13.1. The Morgan fingerprint density at radius 1 is 0.400 bits per heavy atom. The van der Waals surface area contributed by atoms with E-state index in [1.807, 2.05) is 0 Å². The second kappa shape index (κ2) is 44.9. The van der Waals surface area contributed by atoms with Crippen molar-refractivity contribution in [2.45, 2.75) is 297 Å². The van der Waals surface area contributed by atoms with E-state index in [9.17, 15) is 24.6 Å². The average Bonchev–Trinajstić information content (AvgIpc) is 3.23. The highest BCUT2D eigenvalue weighted by Gasteiger charge is 2.51. The first kappa shape index (κ1) is 57.9. The van der Waals surface area contributed by atoms with Crippen LogP contribution in [0.15, 0.2) is 24.3 Å². The number of unbranched alkanes of at least 4 members (excludes halogenated alkanes) is 34. The summed E-state index contributed by atoms with van der Waals surface area (Å²) in [6.45, 7) is 6.75. The molecule has 6 heteroatoms. The van der Waals surface area contributed by atoms with Crippen LogP contribution in [0.5, 0.6) is 0 Å². The molecule has 60 heavy (non-hydrogen) atoms. The van der Waals surface area contributed by atoms with Crippen molar-refractivity contribution < 1.29 is 29.3 Å². The molecule has 0 aliphatic rings. The molecule has 0 heterocycles. The Morgan fingerprint density at radius 3 is 0.950 bits per heavy atom. The summed E-state index contributed by atoms with van der Waals surface area (Å²) in [6.07, 6.45) is 53.3. The van der Waals surface area contributed by atoms with E-state index in [-0.39, 0.29) is 19.3 Å². The number of hydrogen-bond donors (Lipinski definition) is 2. The molecule has 0 saturated heterocycles. The highest BCUT2D eigenvalue weighted by Crippen LogP contribution is 2.38. The van der Waals surface area contributed by atoms with Gasteiger partial charge in [0.15, 0.2) is 0 Å². The Balaban J connectivity index is 4.93. The molecule has 352 valence electrons. The van der Waals surface area contributed by atoms with Crippen LogP contribution in [0.1, 0.15) is 290 Å². The number of esters is 1. The fourth-order valence-electron chi connectivity index (χ4n) is 8.61. The van der Waals surface area contributed by atoms with Gasteiger partial charge >= 0.3 is 17.9 Å². The minimum absolute atomic E-state index is 0.138. The predicted octanol–water partition coefficient (Wildman–Crippen LogP) is 17.6. The van der Waals surface area contributed by atoms with Gasteiger partial charge in [-0.2, -0.15) is 0 Å². The van der Waals surface area contributed by atoms with Crippen LogP contribution in [0.2, 0.25) is 0 Å². The number of hydrogen-bond acceptors (Lipinski definition) is 4. The Bertz CT molecular complexity index is 976. The molecule has 0 aromatic rings. The zero-order valence-corrected chi connectivity index (χ0v) is 40.1. The molecule has 0 fully saturated rings. The SMILES string of the molecule is CCCCCCCCC=CCCCCCCCCC(CCCCCCCCC=CCCCCCCCC)(C(=O)O)C(OC(=O)CCCCCCCCCCCCC)C(=O)O. The lowest BCUT2D eigenvalue weighted by Crippen LogP contribution is -2.49. The molecule has 0 rings (SSSR count). The summed E-state index contributed by atoms with van der Waals surface area (Å²) in [7, 11) is 0. The zero-order chi connectivity index (χ0) is 44.0. The molecule has 1 atom stereocenters. The topological polar surface area (TPSA) is 101 Å². The molecule has 0 bridgehead atoms. The minimum Gasteiger partial charge on any atom is -0.481 e. The predicted molar refractivity (Wildman–Crippen MR) is 257 cm³/mol. The van der Waals surface area contributed by atoms with Gasteiger partial charge in [0.1, 0.15) is 5.41 Å². The Labute approximate surface area is 372 Å². The third-order valence-corrected chi connectivity index (χ3v) is 12.7. The van der Waals surface area contributed by atoms with E-state index in [2.05, 4.69) is 45.1 Å². The number of ether oxygens (including phenoxy) is 1. The van der Waals surface area contributed by atoms with E-state index >= 15 is 0 Å². The van der Waals surface area contributed by atoms with Crippen LogP contribution in [-0.2, 0) is 19.1 Å². The highest BCUT2D eigenvalue weighted by molar-refractivity contribution is 5.87. The summed E-state index contributed by atoms with van der Waals surface area (Å²) in [5.74, 6) is -3.05. The molecule has 0 aromatic carbocycles. The van der Waals surface area contributed by atoms with E-state index in [1.54, 1.807) is 0 Å². The molecule has 0 spiro atoms. The molecule has 0 aliphatic carbocycles. The number of carbonyl (C=O) groups excluding carboxylic acids is 1. The summed E-state index contributed by atoms with van der Waals surface area (Å²) in [5, 5.41) is 21.1. The lowest BCUT2D eigenvalue weighted by Gasteiger charge is -2.34. The van der Waals surface area contributed by atoms with E-state index in [0.29, 0.717) is 19.3 Å². The molecule has 2 N–H and O–H groups in total. The first-order chi connectivity index (χ1) is 29.4. The normalized spacial score (nSPS) is 13.3. The summed E-state index contributed by atoms with van der Waals surface area (Å²) in [6, 6.07) is 0. The van der Waals surface area contributed by atoms with Crippen LogP contribution < -0.4 is 0 Å². The molecule has 0 aromatic heterocycles. The third kappa shape index (κ3) is 35.5. The number of allylic oxidation sites excluding steroid dienone is 4. The van der Waals surface area contributed by atoms with Crippen molar-refractivity contribution in [2.75, 3.05) is 0 Å².